The van der Waals surface area contributed by atoms with Crippen LogP contribution in [0.5, 0.6) is 0 Å². The number of hydrogen-bond donors (Lipinski definition) is 0. The summed E-state index contributed by atoms with van der Waals surface area (Å²) in [4.78, 5) is 11.0. The van der Waals surface area contributed by atoms with Crippen molar-refractivity contribution in [1.82, 2.24) is 0 Å². The SMILES string of the molecule is Cc1cc2c(cc1-c1cccc[n+]1C)oc1cc(-c3ccccc3)c(C#N)cc12.[C-]#[N+]c1c(C)ccc2c1oc1cc(-c3cccc[n+]3C)c(C)cc12.[C-]#[N+]c1c(CC)ccc2c1oc1cc(-c3cccc[n+]3C)c(C)cc12.[C-]#[N+]c1cc(C)cc2c1oc1cc(-c3cccc[n+]3C)c(C)cc12. The van der Waals surface area contributed by atoms with Gasteiger partial charge in [-0.15, -0.1) is 0 Å². The Morgan fingerprint density at radius 2 is 0.735 bits per heavy atom. The number of hydrogen-bond acceptors (Lipinski definition) is 5. The molecule has 0 aliphatic carbocycles. The molecule has 0 N–H and O–H groups in total. The quantitative estimate of drug-likeness (QED) is 0.122. The smallest absolute Gasteiger partial charge is 0.232 e. The van der Waals surface area contributed by atoms with Gasteiger partial charge in [0.25, 0.3) is 0 Å². The van der Waals surface area contributed by atoms with Gasteiger partial charge in [-0.25, -0.2) is 32.8 Å². The summed E-state index contributed by atoms with van der Waals surface area (Å²) in [6.45, 7) is 36.9. The van der Waals surface area contributed by atoms with Crippen LogP contribution in [0.1, 0.15) is 51.4 Å². The predicted molar refractivity (Wildman–Crippen MR) is 408 cm³/mol. The summed E-state index contributed by atoms with van der Waals surface area (Å²) in [6.07, 6.45) is 9.00. The standard InChI is InChI=1S/C26H19N2O.C22H19N2O.2C21H17N2O/c1-17-12-22-23-13-19(16-27)21(18-8-4-3-5-9-18)15-26(23)29-25(22)14-20(17)24-10-6-7-11-28(24)2;1-5-15-9-10-16-18-12-14(2)17(19-8-6-7-11-24(19)4)13-20(18)25-22(16)21(15)23-3;1-13-8-9-15-17-11-14(2)16(18-7-5-6-10-23(18)4)12-19(17)24-21(15)20(13)22-3;1-13-9-17-16-11-14(2)15(19-7-5-6-8-23(19)4)12-20(16)24-21(17)18(10-13)22-3/h3-15H,1-2H3;6-13H,5H2,1-2,4H3;2*5-12H,1-2,4H3/q4*+1. The van der Waals surface area contributed by atoms with Crippen molar-refractivity contribution in [2.75, 3.05) is 0 Å². The number of furan rings is 4. The highest BCUT2D eigenvalue weighted by Gasteiger charge is 2.24. The van der Waals surface area contributed by atoms with Crippen molar-refractivity contribution >= 4 is 105 Å². The van der Waals surface area contributed by atoms with Crippen LogP contribution >= 0.6 is 0 Å². The Labute approximate surface area is 591 Å². The molecule has 12 nitrogen and oxygen atoms in total. The number of aromatic nitrogens is 4. The fourth-order valence-electron chi connectivity index (χ4n) is 14.1. The molecule has 8 aromatic heterocycles. The van der Waals surface area contributed by atoms with Gasteiger partial charge in [-0.1, -0.05) is 73.2 Å². The molecule has 17 aromatic rings. The molecule has 102 heavy (non-hydrogen) atoms. The van der Waals surface area contributed by atoms with Crippen LogP contribution in [0.3, 0.4) is 0 Å². The van der Waals surface area contributed by atoms with Crippen molar-refractivity contribution in [2.24, 2.45) is 28.2 Å². The maximum absolute atomic E-state index is 9.74. The fourth-order valence-corrected chi connectivity index (χ4v) is 14.1. The lowest BCUT2D eigenvalue weighted by molar-refractivity contribution is -0.660. The molecule has 0 aliphatic rings. The van der Waals surface area contributed by atoms with Crippen LogP contribution in [0.25, 0.3) is 158 Å². The van der Waals surface area contributed by atoms with Crippen LogP contribution in [0.4, 0.5) is 17.1 Å². The summed E-state index contributed by atoms with van der Waals surface area (Å²) < 4.78 is 33.0. The first-order chi connectivity index (χ1) is 49.5. The molecule has 12 heteroatoms. The van der Waals surface area contributed by atoms with Crippen molar-refractivity contribution < 1.29 is 35.9 Å². The maximum atomic E-state index is 9.74. The zero-order valence-electron chi connectivity index (χ0n) is 58.8. The summed E-state index contributed by atoms with van der Waals surface area (Å²) in [5.41, 5.74) is 27.5. The summed E-state index contributed by atoms with van der Waals surface area (Å²) in [7, 11) is 8.17. The second kappa shape index (κ2) is 27.2. The molecule has 0 spiro atoms. The second-order valence-corrected chi connectivity index (χ2v) is 26.1. The largest absolute Gasteiger partial charge is 0.467 e. The van der Waals surface area contributed by atoms with Gasteiger partial charge < -0.3 is 17.7 Å². The van der Waals surface area contributed by atoms with Crippen molar-refractivity contribution in [2.45, 2.75) is 54.9 Å². The van der Waals surface area contributed by atoms with Crippen LogP contribution in [0.2, 0.25) is 0 Å². The average Bonchev–Trinajstić information content (AvgIpc) is 1.62. The zero-order chi connectivity index (χ0) is 71.2. The lowest BCUT2D eigenvalue weighted by Gasteiger charge is -2.05. The van der Waals surface area contributed by atoms with Crippen LogP contribution in [0, 0.1) is 72.6 Å². The summed E-state index contributed by atoms with van der Waals surface area (Å²) in [5, 5.41) is 18.0. The first-order valence-electron chi connectivity index (χ1n) is 33.8. The third-order valence-corrected chi connectivity index (χ3v) is 19.5. The number of fused-ring (bicyclic) bond motifs is 12. The maximum Gasteiger partial charge on any atom is 0.232 e. The molecule has 0 radical (unpaired) electrons. The third kappa shape index (κ3) is 12.0. The number of aryl methyl sites for hydroxylation is 11. The molecule has 0 unspecified atom stereocenters. The Morgan fingerprint density at radius 3 is 1.16 bits per heavy atom. The Bertz CT molecular complexity index is 6380. The van der Waals surface area contributed by atoms with E-state index in [1.807, 2.05) is 182 Å². The van der Waals surface area contributed by atoms with E-state index in [0.29, 0.717) is 39.4 Å². The third-order valence-electron chi connectivity index (χ3n) is 19.5. The van der Waals surface area contributed by atoms with E-state index in [0.717, 1.165) is 150 Å². The van der Waals surface area contributed by atoms with Gasteiger partial charge in [0.2, 0.25) is 39.8 Å². The zero-order valence-corrected chi connectivity index (χ0v) is 58.8. The van der Waals surface area contributed by atoms with Crippen LogP contribution < -0.4 is 18.3 Å². The van der Waals surface area contributed by atoms with Gasteiger partial charge in [0, 0.05) is 97.2 Å². The first kappa shape index (κ1) is 66.0. The molecule has 492 valence electrons. The van der Waals surface area contributed by atoms with Gasteiger partial charge in [-0.3, -0.25) is 0 Å². The summed E-state index contributed by atoms with van der Waals surface area (Å²) >= 11 is 0. The van der Waals surface area contributed by atoms with Crippen LogP contribution in [0.15, 0.2) is 243 Å². The summed E-state index contributed by atoms with van der Waals surface area (Å²) in [5.74, 6) is 0. The Balaban J connectivity index is 0.000000116. The molecular weight excluding hydrogens is 1260 g/mol. The highest BCUT2D eigenvalue weighted by molar-refractivity contribution is 6.13. The van der Waals surface area contributed by atoms with E-state index in [4.69, 9.17) is 37.4 Å². The van der Waals surface area contributed by atoms with E-state index in [9.17, 15) is 5.26 Å². The Kier molecular flexibility index (Phi) is 17.6. The van der Waals surface area contributed by atoms with Gasteiger partial charge >= 0.3 is 0 Å². The highest BCUT2D eigenvalue weighted by Crippen LogP contribution is 2.44. The van der Waals surface area contributed by atoms with E-state index in [-0.39, 0.29) is 0 Å². The average molecular weight is 1330 g/mol. The molecule has 0 bridgehead atoms. The molecule has 8 heterocycles. The minimum atomic E-state index is 0.575. The van der Waals surface area contributed by atoms with E-state index in [2.05, 4.69) is 158 Å². The van der Waals surface area contributed by atoms with Crippen molar-refractivity contribution in [3.8, 4) is 62.2 Å². The van der Waals surface area contributed by atoms with Crippen molar-refractivity contribution in [1.29, 1.82) is 5.26 Å². The predicted octanol–water partition coefficient (Wildman–Crippen LogP) is 21.9. The number of rotatable bonds is 6. The van der Waals surface area contributed by atoms with Gasteiger partial charge in [-0.05, 0) is 178 Å². The van der Waals surface area contributed by atoms with Gasteiger partial charge in [0.05, 0.1) is 53.6 Å². The van der Waals surface area contributed by atoms with Gasteiger partial charge in [0.1, 0.15) is 72.9 Å². The monoisotopic (exact) mass is 1330 g/mol. The molecule has 17 rings (SSSR count). The number of pyridine rings is 4. The Morgan fingerprint density at radius 1 is 0.353 bits per heavy atom. The molecular formula is C90H72N8O4+4. The molecule has 0 saturated carbocycles. The van der Waals surface area contributed by atoms with Crippen LogP contribution in [-0.4, -0.2) is 0 Å². The molecule has 0 saturated heterocycles. The fraction of sp³-hybridized carbons (Fsp3) is 0.133. The lowest BCUT2D eigenvalue weighted by Crippen LogP contribution is -2.30. The number of benzene rings is 9. The van der Waals surface area contributed by atoms with Gasteiger partial charge in [0.15, 0.2) is 24.8 Å². The lowest BCUT2D eigenvalue weighted by atomic mass is 9.97. The van der Waals surface area contributed by atoms with E-state index >= 15 is 0 Å². The van der Waals surface area contributed by atoms with Crippen molar-refractivity contribution in [3.05, 3.63) is 304 Å². The molecule has 9 aromatic carbocycles. The first-order valence-corrected chi connectivity index (χ1v) is 33.8. The summed E-state index contributed by atoms with van der Waals surface area (Å²) in [6, 6.07) is 70.1. The van der Waals surface area contributed by atoms with E-state index in [1.54, 1.807) is 0 Å². The Hall–Kier alpha value is -13.3. The molecule has 0 atom stereocenters. The number of nitrogens with zero attached hydrogens (tertiary/aromatic N) is 8. The highest BCUT2D eigenvalue weighted by atomic mass is 16.3. The van der Waals surface area contributed by atoms with Crippen LogP contribution in [-0.2, 0) is 34.6 Å². The molecule has 0 aliphatic heterocycles. The van der Waals surface area contributed by atoms with Gasteiger partial charge in [-0.2, -0.15) is 5.26 Å². The molecule has 0 amide bonds. The normalized spacial score (nSPS) is 11.1. The van der Waals surface area contributed by atoms with Crippen molar-refractivity contribution in [3.63, 3.8) is 0 Å². The van der Waals surface area contributed by atoms with E-state index < -0.39 is 0 Å². The minimum absolute atomic E-state index is 0.575. The topological polar surface area (TPSA) is 105 Å². The number of nitriles is 1. The molecule has 0 fully saturated rings. The minimum Gasteiger partial charge on any atom is -0.467 e. The second-order valence-electron chi connectivity index (χ2n) is 26.1. The van der Waals surface area contributed by atoms with E-state index in [1.165, 1.54) is 22.3 Å².